The maximum absolute atomic E-state index is 11.2. The zero-order valence-electron chi connectivity index (χ0n) is 7.50. The lowest BCUT2D eigenvalue weighted by molar-refractivity contribution is -0.145. The van der Waals surface area contributed by atoms with Crippen molar-refractivity contribution < 1.29 is 9.53 Å². The molecule has 1 fully saturated rings. The van der Waals surface area contributed by atoms with E-state index in [-0.39, 0.29) is 12.0 Å². The molecular formula is C8H15NO2S. The van der Waals surface area contributed by atoms with Crippen molar-refractivity contribution in [2.75, 3.05) is 18.1 Å². The molecule has 70 valence electrons. The summed E-state index contributed by atoms with van der Waals surface area (Å²) in [5.74, 6) is 1.80. The molecule has 1 heterocycles. The summed E-state index contributed by atoms with van der Waals surface area (Å²) in [6.07, 6.45) is 0. The number of rotatable bonds is 2. The summed E-state index contributed by atoms with van der Waals surface area (Å²) in [5, 5.41) is 3.21. The number of carbonyl (C=O) groups excluding carboxylic acids is 1. The van der Waals surface area contributed by atoms with Crippen LogP contribution in [0.2, 0.25) is 0 Å². The van der Waals surface area contributed by atoms with Crippen molar-refractivity contribution in [3.8, 4) is 0 Å². The van der Waals surface area contributed by atoms with Crippen molar-refractivity contribution in [2.45, 2.75) is 25.9 Å². The number of hydrogen-bond donors (Lipinski definition) is 1. The predicted molar refractivity (Wildman–Crippen MR) is 50.3 cm³/mol. The molecule has 1 rings (SSSR count). The third-order valence-electron chi connectivity index (χ3n) is 1.71. The van der Waals surface area contributed by atoms with Gasteiger partial charge in [0.2, 0.25) is 0 Å². The summed E-state index contributed by atoms with van der Waals surface area (Å²) in [4.78, 5) is 11.2. The Morgan fingerprint density at radius 1 is 1.67 bits per heavy atom. The highest BCUT2D eigenvalue weighted by Gasteiger charge is 2.25. The number of esters is 1. The Morgan fingerprint density at radius 2 is 2.42 bits per heavy atom. The second kappa shape index (κ2) is 4.72. The van der Waals surface area contributed by atoms with Crippen molar-refractivity contribution in [1.29, 1.82) is 0 Å². The number of thioether (sulfide) groups is 1. The predicted octanol–water partition coefficient (Wildman–Crippen LogP) is 0.643. The van der Waals surface area contributed by atoms with Crippen LogP contribution in [0.25, 0.3) is 0 Å². The standard InChI is InChI=1S/C8H15NO2S/c1-3-11-8(10)7-5-12-4-6(2)9-7/h6-7,9H,3-5H2,1-2H3. The normalized spacial score (nSPS) is 29.8. The Balaban J connectivity index is 2.35. The Bertz CT molecular complexity index is 163. The molecule has 0 aromatic carbocycles. The van der Waals surface area contributed by atoms with E-state index >= 15 is 0 Å². The van der Waals surface area contributed by atoms with Crippen LogP contribution in [-0.4, -0.2) is 36.2 Å². The minimum Gasteiger partial charge on any atom is -0.465 e. The van der Waals surface area contributed by atoms with Crippen molar-refractivity contribution in [2.24, 2.45) is 0 Å². The molecule has 1 aliphatic rings. The van der Waals surface area contributed by atoms with E-state index < -0.39 is 0 Å². The molecule has 0 spiro atoms. The van der Waals surface area contributed by atoms with E-state index in [1.54, 1.807) is 11.8 Å². The first-order valence-corrected chi connectivity index (χ1v) is 5.40. The second-order valence-corrected chi connectivity index (χ2v) is 3.98. The van der Waals surface area contributed by atoms with Gasteiger partial charge in [0.1, 0.15) is 6.04 Å². The van der Waals surface area contributed by atoms with E-state index in [4.69, 9.17) is 4.74 Å². The van der Waals surface area contributed by atoms with Gasteiger partial charge in [-0.3, -0.25) is 4.79 Å². The van der Waals surface area contributed by atoms with Crippen LogP contribution < -0.4 is 5.32 Å². The zero-order chi connectivity index (χ0) is 8.97. The highest BCUT2D eigenvalue weighted by atomic mass is 32.2. The van der Waals surface area contributed by atoms with E-state index in [1.165, 1.54) is 0 Å². The van der Waals surface area contributed by atoms with Gasteiger partial charge in [0.05, 0.1) is 6.61 Å². The second-order valence-electron chi connectivity index (χ2n) is 2.91. The zero-order valence-corrected chi connectivity index (χ0v) is 8.32. The van der Waals surface area contributed by atoms with Gasteiger partial charge in [0, 0.05) is 17.5 Å². The molecule has 4 heteroatoms. The molecule has 3 nitrogen and oxygen atoms in total. The Morgan fingerprint density at radius 3 is 3.00 bits per heavy atom. The van der Waals surface area contributed by atoms with E-state index in [9.17, 15) is 4.79 Å². The molecule has 2 unspecified atom stereocenters. The molecule has 0 bridgehead atoms. The van der Waals surface area contributed by atoms with Gasteiger partial charge in [-0.2, -0.15) is 11.8 Å². The lowest BCUT2D eigenvalue weighted by atomic mass is 10.3. The summed E-state index contributed by atoms with van der Waals surface area (Å²) >= 11 is 1.80. The van der Waals surface area contributed by atoms with E-state index in [1.807, 2.05) is 6.92 Å². The Kier molecular flexibility index (Phi) is 3.88. The largest absolute Gasteiger partial charge is 0.465 e. The Hall–Kier alpha value is -0.220. The fourth-order valence-corrected chi connectivity index (χ4v) is 2.24. The molecule has 1 saturated heterocycles. The number of nitrogens with one attached hydrogen (secondary N) is 1. The van der Waals surface area contributed by atoms with Gasteiger partial charge in [0.25, 0.3) is 0 Å². The molecule has 0 aromatic heterocycles. The summed E-state index contributed by atoms with van der Waals surface area (Å²) in [6, 6.07) is 0.317. The van der Waals surface area contributed by atoms with Crippen LogP contribution in [-0.2, 0) is 9.53 Å². The average molecular weight is 189 g/mol. The van der Waals surface area contributed by atoms with Crippen molar-refractivity contribution in [3.05, 3.63) is 0 Å². The molecule has 12 heavy (non-hydrogen) atoms. The molecule has 1 N–H and O–H groups in total. The van der Waals surface area contributed by atoms with Gasteiger partial charge in [-0.1, -0.05) is 0 Å². The molecule has 0 radical (unpaired) electrons. The minimum atomic E-state index is -0.114. The smallest absolute Gasteiger partial charge is 0.323 e. The highest BCUT2D eigenvalue weighted by molar-refractivity contribution is 7.99. The number of ether oxygens (including phenoxy) is 1. The lowest BCUT2D eigenvalue weighted by Gasteiger charge is -2.26. The molecule has 1 aliphatic heterocycles. The number of hydrogen-bond acceptors (Lipinski definition) is 4. The first-order chi connectivity index (χ1) is 5.74. The SMILES string of the molecule is CCOC(=O)C1CSCC(C)N1. The van der Waals surface area contributed by atoms with Crippen LogP contribution >= 0.6 is 11.8 Å². The van der Waals surface area contributed by atoms with Crippen molar-refractivity contribution in [1.82, 2.24) is 5.32 Å². The van der Waals surface area contributed by atoms with Crippen LogP contribution in [0.1, 0.15) is 13.8 Å². The van der Waals surface area contributed by atoms with Crippen molar-refractivity contribution >= 4 is 17.7 Å². The summed E-state index contributed by atoms with van der Waals surface area (Å²) in [5.41, 5.74) is 0. The minimum absolute atomic E-state index is 0.0984. The summed E-state index contributed by atoms with van der Waals surface area (Å²) in [7, 11) is 0. The molecule has 0 aromatic rings. The van der Waals surface area contributed by atoms with E-state index in [0.717, 1.165) is 11.5 Å². The third kappa shape index (κ3) is 2.68. The van der Waals surface area contributed by atoms with Crippen LogP contribution in [0, 0.1) is 0 Å². The summed E-state index contributed by atoms with van der Waals surface area (Å²) in [6.45, 7) is 4.38. The van der Waals surface area contributed by atoms with Gasteiger partial charge in [-0.25, -0.2) is 0 Å². The van der Waals surface area contributed by atoms with Gasteiger partial charge in [-0.05, 0) is 13.8 Å². The van der Waals surface area contributed by atoms with Crippen LogP contribution in [0.5, 0.6) is 0 Å². The van der Waals surface area contributed by atoms with Gasteiger partial charge >= 0.3 is 5.97 Å². The molecule has 2 atom stereocenters. The van der Waals surface area contributed by atoms with Gasteiger partial charge in [0.15, 0.2) is 0 Å². The van der Waals surface area contributed by atoms with Crippen LogP contribution in [0.15, 0.2) is 0 Å². The Labute approximate surface area is 77.2 Å². The first kappa shape index (κ1) is 9.86. The lowest BCUT2D eigenvalue weighted by Crippen LogP contribution is -2.49. The van der Waals surface area contributed by atoms with Crippen LogP contribution in [0.4, 0.5) is 0 Å². The molecule has 0 aliphatic carbocycles. The monoisotopic (exact) mass is 189 g/mol. The quantitative estimate of drug-likeness (QED) is 0.647. The van der Waals surface area contributed by atoms with Gasteiger partial charge in [-0.15, -0.1) is 0 Å². The topological polar surface area (TPSA) is 38.3 Å². The van der Waals surface area contributed by atoms with Gasteiger partial charge < -0.3 is 10.1 Å². The van der Waals surface area contributed by atoms with E-state index in [2.05, 4.69) is 12.2 Å². The fraction of sp³-hybridized carbons (Fsp3) is 0.875. The number of carbonyl (C=O) groups is 1. The maximum Gasteiger partial charge on any atom is 0.323 e. The molecular weight excluding hydrogens is 174 g/mol. The first-order valence-electron chi connectivity index (χ1n) is 4.24. The average Bonchev–Trinajstić information content (AvgIpc) is 2.05. The fourth-order valence-electron chi connectivity index (χ4n) is 1.18. The molecule has 0 amide bonds. The van der Waals surface area contributed by atoms with Crippen molar-refractivity contribution in [3.63, 3.8) is 0 Å². The highest BCUT2D eigenvalue weighted by Crippen LogP contribution is 2.12. The van der Waals surface area contributed by atoms with Crippen LogP contribution in [0.3, 0.4) is 0 Å². The third-order valence-corrected chi connectivity index (χ3v) is 3.01. The molecule has 0 saturated carbocycles. The summed E-state index contributed by atoms with van der Waals surface area (Å²) < 4.78 is 4.91. The maximum atomic E-state index is 11.2. The van der Waals surface area contributed by atoms with E-state index in [0.29, 0.717) is 12.6 Å².